The molecule has 2 aliphatic rings. The first-order valence-electron chi connectivity index (χ1n) is 8.23. The van der Waals surface area contributed by atoms with Gasteiger partial charge in [0.1, 0.15) is 0 Å². The molecule has 2 N–H and O–H groups in total. The van der Waals surface area contributed by atoms with Crippen LogP contribution >= 0.6 is 23.2 Å². The lowest BCUT2D eigenvalue weighted by Crippen LogP contribution is -2.52. The van der Waals surface area contributed by atoms with Crippen LogP contribution in [0.5, 0.6) is 0 Å². The summed E-state index contributed by atoms with van der Waals surface area (Å²) in [7, 11) is 0. The number of halogens is 2. The van der Waals surface area contributed by atoms with E-state index in [1.165, 1.54) is 25.8 Å². The molecule has 1 atom stereocenters. The standard InChI is InChI=1S/C17H25Cl2N3/c1-12-11-21(6-5-13-9-14(20)10-13)7-8-22(12)16-4-2-3-15(18)17(16)19/h2-4,12-14H,5-11,20H2,1H3/t12-,13?,14?/m1/s1. The van der Waals surface area contributed by atoms with E-state index in [1.807, 2.05) is 12.1 Å². The van der Waals surface area contributed by atoms with E-state index >= 15 is 0 Å². The lowest BCUT2D eigenvalue weighted by atomic mass is 9.79. The van der Waals surface area contributed by atoms with Gasteiger partial charge in [-0.05, 0) is 50.8 Å². The summed E-state index contributed by atoms with van der Waals surface area (Å²) in [5.74, 6) is 0.853. The number of nitrogens with zero attached hydrogens (tertiary/aromatic N) is 2. The Bertz CT molecular complexity index is 517. The van der Waals surface area contributed by atoms with Crippen LogP contribution in [0.25, 0.3) is 0 Å². The second-order valence-electron chi connectivity index (χ2n) is 6.80. The molecular weight excluding hydrogens is 317 g/mol. The van der Waals surface area contributed by atoms with Crippen molar-refractivity contribution in [1.29, 1.82) is 0 Å². The number of piperazine rings is 1. The van der Waals surface area contributed by atoms with Gasteiger partial charge >= 0.3 is 0 Å². The molecule has 22 heavy (non-hydrogen) atoms. The van der Waals surface area contributed by atoms with E-state index < -0.39 is 0 Å². The minimum absolute atomic E-state index is 0.452. The van der Waals surface area contributed by atoms with Gasteiger partial charge in [-0.3, -0.25) is 4.90 Å². The van der Waals surface area contributed by atoms with Crippen LogP contribution in [0.4, 0.5) is 5.69 Å². The molecule has 0 radical (unpaired) electrons. The number of rotatable bonds is 4. The molecule has 5 heteroatoms. The maximum Gasteiger partial charge on any atom is 0.0825 e. The van der Waals surface area contributed by atoms with Crippen LogP contribution in [0.2, 0.25) is 10.0 Å². The summed E-state index contributed by atoms with van der Waals surface area (Å²) >= 11 is 12.5. The van der Waals surface area contributed by atoms with Crippen molar-refractivity contribution in [3.05, 3.63) is 28.2 Å². The van der Waals surface area contributed by atoms with Crippen LogP contribution in [0.3, 0.4) is 0 Å². The van der Waals surface area contributed by atoms with E-state index in [9.17, 15) is 0 Å². The summed E-state index contributed by atoms with van der Waals surface area (Å²) in [6.07, 6.45) is 3.72. The zero-order valence-electron chi connectivity index (χ0n) is 13.1. The van der Waals surface area contributed by atoms with E-state index in [-0.39, 0.29) is 0 Å². The van der Waals surface area contributed by atoms with Gasteiger partial charge in [-0.15, -0.1) is 0 Å². The van der Waals surface area contributed by atoms with Crippen LogP contribution < -0.4 is 10.6 Å². The summed E-state index contributed by atoms with van der Waals surface area (Å²) in [4.78, 5) is 4.95. The van der Waals surface area contributed by atoms with Crippen molar-refractivity contribution >= 4 is 28.9 Å². The Kier molecular flexibility index (Phi) is 5.18. The summed E-state index contributed by atoms with van der Waals surface area (Å²) < 4.78 is 0. The van der Waals surface area contributed by atoms with Crippen molar-refractivity contribution in [2.75, 3.05) is 31.1 Å². The predicted octanol–water partition coefficient (Wildman–Crippen LogP) is 3.63. The predicted molar refractivity (Wildman–Crippen MR) is 95.0 cm³/mol. The Morgan fingerprint density at radius 1 is 1.23 bits per heavy atom. The van der Waals surface area contributed by atoms with Gasteiger partial charge in [0, 0.05) is 31.7 Å². The number of hydrogen-bond acceptors (Lipinski definition) is 3. The highest BCUT2D eigenvalue weighted by atomic mass is 35.5. The highest BCUT2D eigenvalue weighted by Crippen LogP contribution is 2.34. The smallest absolute Gasteiger partial charge is 0.0825 e. The number of benzene rings is 1. The van der Waals surface area contributed by atoms with Gasteiger partial charge in [-0.1, -0.05) is 29.3 Å². The average molecular weight is 342 g/mol. The van der Waals surface area contributed by atoms with Crippen molar-refractivity contribution in [2.24, 2.45) is 11.7 Å². The average Bonchev–Trinajstić information content (AvgIpc) is 2.46. The van der Waals surface area contributed by atoms with Crippen molar-refractivity contribution in [3.8, 4) is 0 Å². The molecule has 122 valence electrons. The molecule has 2 fully saturated rings. The summed E-state index contributed by atoms with van der Waals surface area (Å²) in [6.45, 7) is 6.64. The monoisotopic (exact) mass is 341 g/mol. The highest BCUT2D eigenvalue weighted by Gasteiger charge is 2.29. The normalized spacial score (nSPS) is 29.5. The molecule has 1 saturated carbocycles. The third-order valence-electron chi connectivity index (χ3n) is 5.08. The third-order valence-corrected chi connectivity index (χ3v) is 5.89. The maximum absolute atomic E-state index is 6.37. The second-order valence-corrected chi connectivity index (χ2v) is 7.59. The Labute approximate surface area is 143 Å². The highest BCUT2D eigenvalue weighted by molar-refractivity contribution is 6.43. The van der Waals surface area contributed by atoms with E-state index in [2.05, 4.69) is 22.8 Å². The number of anilines is 1. The molecular formula is C17H25Cl2N3. The topological polar surface area (TPSA) is 32.5 Å². The molecule has 0 unspecified atom stereocenters. The van der Waals surface area contributed by atoms with Crippen molar-refractivity contribution in [3.63, 3.8) is 0 Å². The molecule has 1 aromatic carbocycles. The van der Waals surface area contributed by atoms with E-state index in [0.717, 1.165) is 31.2 Å². The third kappa shape index (κ3) is 3.53. The van der Waals surface area contributed by atoms with Gasteiger partial charge in [-0.25, -0.2) is 0 Å². The Hall–Kier alpha value is -0.480. The molecule has 1 aliphatic heterocycles. The van der Waals surface area contributed by atoms with E-state index in [1.54, 1.807) is 0 Å². The largest absolute Gasteiger partial charge is 0.365 e. The first kappa shape index (κ1) is 16.4. The maximum atomic E-state index is 6.37. The SMILES string of the molecule is C[C@@H]1CN(CCC2CC(N)C2)CCN1c1cccc(Cl)c1Cl. The van der Waals surface area contributed by atoms with Crippen LogP contribution in [0.1, 0.15) is 26.2 Å². The number of nitrogens with two attached hydrogens (primary N) is 1. The molecule has 0 aromatic heterocycles. The zero-order valence-corrected chi connectivity index (χ0v) is 14.7. The van der Waals surface area contributed by atoms with Gasteiger partial charge in [-0.2, -0.15) is 0 Å². The summed E-state index contributed by atoms with van der Waals surface area (Å²) in [5, 5.41) is 1.31. The summed E-state index contributed by atoms with van der Waals surface area (Å²) in [5.41, 5.74) is 6.93. The lowest BCUT2D eigenvalue weighted by Gasteiger charge is -2.42. The molecule has 3 rings (SSSR count). The van der Waals surface area contributed by atoms with Crippen molar-refractivity contribution in [1.82, 2.24) is 4.90 Å². The number of hydrogen-bond donors (Lipinski definition) is 1. The van der Waals surface area contributed by atoms with Gasteiger partial charge in [0.05, 0.1) is 15.7 Å². The minimum Gasteiger partial charge on any atom is -0.365 e. The minimum atomic E-state index is 0.452. The quantitative estimate of drug-likeness (QED) is 0.907. The Balaban J connectivity index is 1.54. The van der Waals surface area contributed by atoms with Crippen LogP contribution in [-0.2, 0) is 0 Å². The fraction of sp³-hybridized carbons (Fsp3) is 0.647. The molecule has 1 aliphatic carbocycles. The molecule has 0 amide bonds. The second kappa shape index (κ2) is 6.96. The molecule has 3 nitrogen and oxygen atoms in total. The molecule has 1 aromatic rings. The zero-order chi connectivity index (χ0) is 15.7. The molecule has 0 spiro atoms. The van der Waals surface area contributed by atoms with Crippen LogP contribution in [0.15, 0.2) is 18.2 Å². The van der Waals surface area contributed by atoms with Crippen LogP contribution in [-0.4, -0.2) is 43.2 Å². The van der Waals surface area contributed by atoms with Gasteiger partial charge in [0.25, 0.3) is 0 Å². The van der Waals surface area contributed by atoms with Gasteiger partial charge in [0.15, 0.2) is 0 Å². The van der Waals surface area contributed by atoms with E-state index in [0.29, 0.717) is 22.1 Å². The van der Waals surface area contributed by atoms with Gasteiger partial charge < -0.3 is 10.6 Å². The first-order chi connectivity index (χ1) is 10.5. The van der Waals surface area contributed by atoms with Crippen LogP contribution in [0, 0.1) is 5.92 Å². The summed E-state index contributed by atoms with van der Waals surface area (Å²) in [6, 6.07) is 6.80. The fourth-order valence-electron chi connectivity index (χ4n) is 3.70. The Morgan fingerprint density at radius 2 is 2.00 bits per heavy atom. The Morgan fingerprint density at radius 3 is 2.68 bits per heavy atom. The molecule has 1 heterocycles. The molecule has 0 bridgehead atoms. The lowest BCUT2D eigenvalue weighted by molar-refractivity contribution is 0.177. The van der Waals surface area contributed by atoms with Crippen molar-refractivity contribution < 1.29 is 0 Å². The van der Waals surface area contributed by atoms with Crippen molar-refractivity contribution in [2.45, 2.75) is 38.3 Å². The van der Waals surface area contributed by atoms with E-state index in [4.69, 9.17) is 28.9 Å². The first-order valence-corrected chi connectivity index (χ1v) is 8.98. The van der Waals surface area contributed by atoms with Gasteiger partial charge in [0.2, 0.25) is 0 Å². The fourth-order valence-corrected chi connectivity index (χ4v) is 4.10. The molecule has 1 saturated heterocycles.